The molecule has 1 aromatic heterocycles. The van der Waals surface area contributed by atoms with E-state index in [0.29, 0.717) is 5.69 Å². The molecule has 0 fully saturated rings. The second kappa shape index (κ2) is 5.13. The Bertz CT molecular complexity index is 547. The number of nitrogens with zero attached hydrogens (tertiary/aromatic N) is 2. The largest absolute Gasteiger partial charge is 0.416 e. The molecule has 2 aromatic rings. The highest BCUT2D eigenvalue weighted by molar-refractivity contribution is 5.90. The number of rotatable bonds is 3. The number of alkyl halides is 3. The Morgan fingerprint density at radius 3 is 2.47 bits per heavy atom. The molecule has 0 saturated carbocycles. The quantitative estimate of drug-likeness (QED) is 0.930. The van der Waals surface area contributed by atoms with Crippen molar-refractivity contribution in [1.29, 1.82) is 0 Å². The number of halogens is 3. The summed E-state index contributed by atoms with van der Waals surface area (Å²) in [6.45, 7) is 0.0566. The molecule has 0 aliphatic heterocycles. The molecule has 19 heavy (non-hydrogen) atoms. The molecule has 0 radical (unpaired) electrons. The van der Waals surface area contributed by atoms with Gasteiger partial charge in [0.2, 0.25) is 5.91 Å². The fraction of sp³-hybridized carbons (Fsp3) is 0.167. The molecular weight excluding hydrogens is 259 g/mol. The lowest BCUT2D eigenvalue weighted by molar-refractivity contribution is -0.137. The molecule has 7 heteroatoms. The summed E-state index contributed by atoms with van der Waals surface area (Å²) in [6.07, 6.45) is 0.253. The Balaban J connectivity index is 1.98. The molecule has 0 spiro atoms. The van der Waals surface area contributed by atoms with E-state index in [1.807, 2.05) is 0 Å². The molecule has 0 aliphatic carbocycles. The van der Waals surface area contributed by atoms with Crippen molar-refractivity contribution in [2.24, 2.45) is 0 Å². The van der Waals surface area contributed by atoms with Gasteiger partial charge >= 0.3 is 6.18 Å². The van der Waals surface area contributed by atoms with E-state index in [0.717, 1.165) is 12.1 Å². The third-order valence-electron chi connectivity index (χ3n) is 2.38. The molecule has 1 amide bonds. The average molecular weight is 269 g/mol. The van der Waals surface area contributed by atoms with E-state index in [2.05, 4.69) is 10.3 Å². The van der Waals surface area contributed by atoms with Gasteiger partial charge in [0.25, 0.3) is 0 Å². The third-order valence-corrected chi connectivity index (χ3v) is 2.38. The van der Waals surface area contributed by atoms with Gasteiger partial charge in [0.15, 0.2) is 0 Å². The number of carbonyl (C=O) groups excluding carboxylic acids is 1. The van der Waals surface area contributed by atoms with Crippen molar-refractivity contribution >= 4 is 11.6 Å². The number of hydrogen-bond donors (Lipinski definition) is 1. The highest BCUT2D eigenvalue weighted by Gasteiger charge is 2.29. The first-order chi connectivity index (χ1) is 8.95. The summed E-state index contributed by atoms with van der Waals surface area (Å²) in [4.78, 5) is 15.4. The Kier molecular flexibility index (Phi) is 3.55. The van der Waals surface area contributed by atoms with Gasteiger partial charge in [0.1, 0.15) is 6.54 Å². The SMILES string of the molecule is O=C(Cn1ccnc1)Nc1ccc(C(F)(F)F)cc1. The van der Waals surface area contributed by atoms with Gasteiger partial charge < -0.3 is 9.88 Å². The minimum Gasteiger partial charge on any atom is -0.328 e. The second-order valence-electron chi connectivity index (χ2n) is 3.86. The third kappa shape index (κ3) is 3.57. The summed E-state index contributed by atoms with van der Waals surface area (Å²) >= 11 is 0. The standard InChI is InChI=1S/C12H10F3N3O/c13-12(14,15)9-1-3-10(4-2-9)17-11(19)7-18-6-5-16-8-18/h1-6,8H,7H2,(H,17,19). The van der Waals surface area contributed by atoms with E-state index >= 15 is 0 Å². The van der Waals surface area contributed by atoms with Crippen molar-refractivity contribution in [3.8, 4) is 0 Å². The molecule has 0 bridgehead atoms. The van der Waals surface area contributed by atoms with Crippen LogP contribution in [0.1, 0.15) is 5.56 Å². The lowest BCUT2D eigenvalue weighted by Crippen LogP contribution is -2.18. The molecule has 100 valence electrons. The first-order valence-electron chi connectivity index (χ1n) is 5.38. The highest BCUT2D eigenvalue weighted by Crippen LogP contribution is 2.29. The molecule has 1 aromatic carbocycles. The molecule has 0 saturated heterocycles. The molecule has 0 unspecified atom stereocenters. The molecule has 0 aliphatic rings. The zero-order valence-electron chi connectivity index (χ0n) is 9.69. The minimum atomic E-state index is -4.38. The number of benzene rings is 1. The van der Waals surface area contributed by atoms with Crippen LogP contribution in [0.5, 0.6) is 0 Å². The van der Waals surface area contributed by atoms with Gasteiger partial charge in [0, 0.05) is 18.1 Å². The first kappa shape index (κ1) is 13.1. The summed E-state index contributed by atoms with van der Waals surface area (Å²) in [5.74, 6) is -0.335. The van der Waals surface area contributed by atoms with E-state index in [1.165, 1.54) is 24.7 Å². The average Bonchev–Trinajstić information content (AvgIpc) is 2.81. The molecular formula is C12H10F3N3O. The zero-order valence-corrected chi connectivity index (χ0v) is 9.69. The van der Waals surface area contributed by atoms with Crippen molar-refractivity contribution < 1.29 is 18.0 Å². The van der Waals surface area contributed by atoms with E-state index in [-0.39, 0.29) is 12.5 Å². The van der Waals surface area contributed by atoms with Crippen molar-refractivity contribution in [2.75, 3.05) is 5.32 Å². The van der Waals surface area contributed by atoms with Crippen molar-refractivity contribution in [1.82, 2.24) is 9.55 Å². The summed E-state index contributed by atoms with van der Waals surface area (Å²) < 4.78 is 38.6. The van der Waals surface area contributed by atoms with Gasteiger partial charge in [-0.2, -0.15) is 13.2 Å². The number of nitrogens with one attached hydrogen (secondary N) is 1. The summed E-state index contributed by atoms with van der Waals surface area (Å²) in [6, 6.07) is 4.28. The van der Waals surface area contributed by atoms with Gasteiger partial charge in [-0.1, -0.05) is 0 Å². The summed E-state index contributed by atoms with van der Waals surface area (Å²) in [5.41, 5.74) is -0.432. The number of amides is 1. The highest BCUT2D eigenvalue weighted by atomic mass is 19.4. The predicted octanol–water partition coefficient (Wildman–Crippen LogP) is 2.54. The van der Waals surface area contributed by atoms with Crippen molar-refractivity contribution in [2.45, 2.75) is 12.7 Å². The van der Waals surface area contributed by atoms with Crippen LogP contribution in [0.2, 0.25) is 0 Å². The Hall–Kier alpha value is -2.31. The minimum absolute atomic E-state index is 0.0566. The van der Waals surface area contributed by atoms with Crippen LogP contribution in [0.3, 0.4) is 0 Å². The van der Waals surface area contributed by atoms with Crippen LogP contribution in [0.25, 0.3) is 0 Å². The smallest absolute Gasteiger partial charge is 0.328 e. The second-order valence-corrected chi connectivity index (χ2v) is 3.86. The maximum Gasteiger partial charge on any atom is 0.416 e. The lowest BCUT2D eigenvalue weighted by Gasteiger charge is -2.09. The van der Waals surface area contributed by atoms with E-state index in [4.69, 9.17) is 0 Å². The first-order valence-corrected chi connectivity index (χ1v) is 5.38. The maximum atomic E-state index is 12.3. The van der Waals surface area contributed by atoms with Crippen LogP contribution in [0.15, 0.2) is 43.0 Å². The molecule has 4 nitrogen and oxygen atoms in total. The van der Waals surface area contributed by atoms with E-state index in [1.54, 1.807) is 10.8 Å². The molecule has 1 N–H and O–H groups in total. The van der Waals surface area contributed by atoms with Gasteiger partial charge in [-0.15, -0.1) is 0 Å². The van der Waals surface area contributed by atoms with Crippen LogP contribution in [-0.4, -0.2) is 15.5 Å². The fourth-order valence-electron chi connectivity index (χ4n) is 1.49. The predicted molar refractivity (Wildman–Crippen MR) is 62.3 cm³/mol. The van der Waals surface area contributed by atoms with E-state index < -0.39 is 11.7 Å². The van der Waals surface area contributed by atoms with Gasteiger partial charge in [-0.25, -0.2) is 4.98 Å². The molecule has 1 heterocycles. The number of imidazole rings is 1. The van der Waals surface area contributed by atoms with Crippen LogP contribution in [-0.2, 0) is 17.5 Å². The molecule has 0 atom stereocenters. The van der Waals surface area contributed by atoms with Crippen molar-refractivity contribution in [3.05, 3.63) is 48.5 Å². The normalized spacial score (nSPS) is 11.3. The summed E-state index contributed by atoms with van der Waals surface area (Å²) in [7, 11) is 0. The van der Waals surface area contributed by atoms with Crippen LogP contribution in [0.4, 0.5) is 18.9 Å². The molecule has 2 rings (SSSR count). The van der Waals surface area contributed by atoms with Crippen LogP contribution in [0, 0.1) is 0 Å². The number of aromatic nitrogens is 2. The Morgan fingerprint density at radius 2 is 1.95 bits per heavy atom. The number of anilines is 1. The van der Waals surface area contributed by atoms with Gasteiger partial charge in [-0.05, 0) is 24.3 Å². The Morgan fingerprint density at radius 1 is 1.26 bits per heavy atom. The lowest BCUT2D eigenvalue weighted by atomic mass is 10.2. The fourth-order valence-corrected chi connectivity index (χ4v) is 1.49. The van der Waals surface area contributed by atoms with E-state index in [9.17, 15) is 18.0 Å². The van der Waals surface area contributed by atoms with Gasteiger partial charge in [0.05, 0.1) is 11.9 Å². The number of carbonyl (C=O) groups is 1. The number of hydrogen-bond acceptors (Lipinski definition) is 2. The Labute approximate surface area is 106 Å². The summed E-state index contributed by atoms with van der Waals surface area (Å²) in [5, 5.41) is 2.50. The zero-order chi connectivity index (χ0) is 13.9. The van der Waals surface area contributed by atoms with Crippen LogP contribution < -0.4 is 5.32 Å². The van der Waals surface area contributed by atoms with Gasteiger partial charge in [-0.3, -0.25) is 4.79 Å². The topological polar surface area (TPSA) is 46.9 Å². The maximum absolute atomic E-state index is 12.3. The van der Waals surface area contributed by atoms with Crippen molar-refractivity contribution in [3.63, 3.8) is 0 Å². The monoisotopic (exact) mass is 269 g/mol. The van der Waals surface area contributed by atoms with Crippen LogP contribution >= 0.6 is 0 Å².